The van der Waals surface area contributed by atoms with Gasteiger partial charge < -0.3 is 10.6 Å². The molecule has 0 aromatic carbocycles. The van der Waals surface area contributed by atoms with Crippen LogP contribution in [0, 0.1) is 11.8 Å². The van der Waals surface area contributed by atoms with E-state index in [0.29, 0.717) is 12.0 Å². The van der Waals surface area contributed by atoms with E-state index in [1.165, 1.54) is 13.0 Å². The summed E-state index contributed by atoms with van der Waals surface area (Å²) in [6, 6.07) is 0.613. The van der Waals surface area contributed by atoms with Crippen molar-refractivity contribution in [3.8, 4) is 0 Å². The molecule has 15 heavy (non-hydrogen) atoms. The van der Waals surface area contributed by atoms with Crippen LogP contribution in [0.1, 0.15) is 6.42 Å². The molecule has 0 amide bonds. The first-order chi connectivity index (χ1) is 7.33. The molecule has 80 valence electrons. The van der Waals surface area contributed by atoms with Gasteiger partial charge in [-0.15, -0.1) is 0 Å². The summed E-state index contributed by atoms with van der Waals surface area (Å²) < 4.78 is 0.911. The van der Waals surface area contributed by atoms with Crippen LogP contribution in [0.4, 0.5) is 5.95 Å². The van der Waals surface area contributed by atoms with Crippen molar-refractivity contribution in [2.45, 2.75) is 12.5 Å². The lowest BCUT2D eigenvalue weighted by Crippen LogP contribution is -2.33. The zero-order chi connectivity index (χ0) is 10.3. The van der Waals surface area contributed by atoms with Gasteiger partial charge in [-0.25, -0.2) is 9.97 Å². The van der Waals surface area contributed by atoms with E-state index in [9.17, 15) is 0 Å². The molecule has 0 spiro atoms. The summed E-state index contributed by atoms with van der Waals surface area (Å²) in [5.74, 6) is 2.56. The monoisotopic (exact) mass is 268 g/mol. The third-order valence-corrected chi connectivity index (χ3v) is 3.65. The predicted octanol–water partition coefficient (Wildman–Crippen LogP) is 1.26. The van der Waals surface area contributed by atoms with E-state index in [2.05, 4.69) is 36.5 Å². The molecule has 1 saturated heterocycles. The highest BCUT2D eigenvalue weighted by Gasteiger charge is 2.47. The summed E-state index contributed by atoms with van der Waals surface area (Å²) in [4.78, 5) is 8.36. The van der Waals surface area contributed by atoms with Crippen molar-refractivity contribution in [2.75, 3.05) is 18.4 Å². The Morgan fingerprint density at radius 3 is 2.87 bits per heavy atom. The van der Waals surface area contributed by atoms with Crippen molar-refractivity contribution >= 4 is 21.9 Å². The zero-order valence-electron chi connectivity index (χ0n) is 8.28. The Labute approximate surface area is 97.0 Å². The van der Waals surface area contributed by atoms with Gasteiger partial charge in [-0.05, 0) is 40.7 Å². The summed E-state index contributed by atoms with van der Waals surface area (Å²) in [5, 5.41) is 6.78. The standard InChI is InChI=1S/C10H13BrN4/c11-7-3-13-10(14-4-7)15-5-9-8-1-6(8)2-12-9/h3-4,6,8-9,12H,1-2,5H2,(H,13,14,15)/t6-,8?,9?/m1/s1. The fraction of sp³-hybridized carbons (Fsp3) is 0.600. The number of aromatic nitrogens is 2. The fourth-order valence-corrected chi connectivity index (χ4v) is 2.49. The molecule has 2 N–H and O–H groups in total. The van der Waals surface area contributed by atoms with Gasteiger partial charge in [0.25, 0.3) is 0 Å². The van der Waals surface area contributed by atoms with Crippen molar-refractivity contribution < 1.29 is 0 Å². The van der Waals surface area contributed by atoms with Crippen LogP contribution in [0.2, 0.25) is 0 Å². The summed E-state index contributed by atoms with van der Waals surface area (Å²) in [7, 11) is 0. The number of anilines is 1. The number of rotatable bonds is 3. The van der Waals surface area contributed by atoms with E-state index in [-0.39, 0.29) is 0 Å². The third-order valence-electron chi connectivity index (χ3n) is 3.24. The first-order valence-corrected chi connectivity index (χ1v) is 6.07. The number of piperidine rings is 1. The molecule has 5 heteroatoms. The molecule has 1 aliphatic heterocycles. The Bertz CT molecular complexity index is 353. The first kappa shape index (κ1) is 9.54. The number of nitrogens with one attached hydrogen (secondary N) is 2. The highest BCUT2D eigenvalue weighted by molar-refractivity contribution is 9.10. The Balaban J connectivity index is 1.55. The second kappa shape index (κ2) is 3.72. The molecule has 3 rings (SSSR count). The minimum Gasteiger partial charge on any atom is -0.353 e. The lowest BCUT2D eigenvalue weighted by molar-refractivity contribution is 0.555. The summed E-state index contributed by atoms with van der Waals surface area (Å²) >= 11 is 3.31. The number of halogens is 1. The molecule has 1 aliphatic carbocycles. The highest BCUT2D eigenvalue weighted by atomic mass is 79.9. The number of hydrogen-bond acceptors (Lipinski definition) is 4. The van der Waals surface area contributed by atoms with E-state index in [0.717, 1.165) is 22.9 Å². The Morgan fingerprint density at radius 1 is 1.47 bits per heavy atom. The lowest BCUT2D eigenvalue weighted by Gasteiger charge is -2.13. The van der Waals surface area contributed by atoms with Crippen molar-refractivity contribution in [1.82, 2.24) is 15.3 Å². The number of fused-ring (bicyclic) bond motifs is 1. The van der Waals surface area contributed by atoms with Gasteiger partial charge in [0, 0.05) is 25.0 Å². The highest BCUT2D eigenvalue weighted by Crippen LogP contribution is 2.44. The Kier molecular flexibility index (Phi) is 2.36. The van der Waals surface area contributed by atoms with Gasteiger partial charge in [-0.1, -0.05) is 0 Å². The summed E-state index contributed by atoms with van der Waals surface area (Å²) in [5.41, 5.74) is 0. The van der Waals surface area contributed by atoms with Crippen LogP contribution in [0.15, 0.2) is 16.9 Å². The molecule has 2 aliphatic rings. The molecule has 2 unspecified atom stereocenters. The van der Waals surface area contributed by atoms with Crippen molar-refractivity contribution in [3.05, 3.63) is 16.9 Å². The van der Waals surface area contributed by atoms with Crippen LogP contribution in [0.5, 0.6) is 0 Å². The summed E-state index contributed by atoms with van der Waals surface area (Å²) in [6.45, 7) is 2.13. The number of hydrogen-bond donors (Lipinski definition) is 2. The minimum atomic E-state index is 0.613. The van der Waals surface area contributed by atoms with Gasteiger partial charge in [-0.2, -0.15) is 0 Å². The van der Waals surface area contributed by atoms with Gasteiger partial charge in [0.1, 0.15) is 0 Å². The maximum atomic E-state index is 4.18. The SMILES string of the molecule is Brc1cnc(NCC2NC[C@H]3CC23)nc1. The molecular weight excluding hydrogens is 256 g/mol. The maximum absolute atomic E-state index is 4.18. The van der Waals surface area contributed by atoms with E-state index >= 15 is 0 Å². The molecular formula is C10H13BrN4. The quantitative estimate of drug-likeness (QED) is 0.867. The third kappa shape index (κ3) is 1.99. The lowest BCUT2D eigenvalue weighted by atomic mass is 10.2. The molecule has 0 radical (unpaired) electrons. The first-order valence-electron chi connectivity index (χ1n) is 5.28. The predicted molar refractivity (Wildman–Crippen MR) is 61.6 cm³/mol. The molecule has 2 fully saturated rings. The van der Waals surface area contributed by atoms with Crippen LogP contribution in [0.25, 0.3) is 0 Å². The van der Waals surface area contributed by atoms with E-state index in [1.807, 2.05) is 0 Å². The van der Waals surface area contributed by atoms with Gasteiger partial charge in [0.15, 0.2) is 0 Å². The molecule has 4 nitrogen and oxygen atoms in total. The Hall–Kier alpha value is -0.680. The van der Waals surface area contributed by atoms with Crippen molar-refractivity contribution in [2.24, 2.45) is 11.8 Å². The number of nitrogens with zero attached hydrogens (tertiary/aromatic N) is 2. The van der Waals surface area contributed by atoms with Gasteiger partial charge in [-0.3, -0.25) is 0 Å². The minimum absolute atomic E-state index is 0.613. The molecule has 1 saturated carbocycles. The fourth-order valence-electron chi connectivity index (χ4n) is 2.28. The van der Waals surface area contributed by atoms with E-state index < -0.39 is 0 Å². The van der Waals surface area contributed by atoms with Crippen LogP contribution < -0.4 is 10.6 Å². The molecule has 2 heterocycles. The molecule has 1 aromatic heterocycles. The molecule has 0 bridgehead atoms. The topological polar surface area (TPSA) is 49.8 Å². The van der Waals surface area contributed by atoms with Crippen LogP contribution in [-0.2, 0) is 0 Å². The van der Waals surface area contributed by atoms with Gasteiger partial charge >= 0.3 is 0 Å². The van der Waals surface area contributed by atoms with E-state index in [1.54, 1.807) is 12.4 Å². The Morgan fingerprint density at radius 2 is 2.27 bits per heavy atom. The average molecular weight is 269 g/mol. The van der Waals surface area contributed by atoms with Gasteiger partial charge in [0.2, 0.25) is 5.95 Å². The van der Waals surface area contributed by atoms with Crippen molar-refractivity contribution in [1.29, 1.82) is 0 Å². The molecule has 3 atom stereocenters. The smallest absolute Gasteiger partial charge is 0.222 e. The average Bonchev–Trinajstić information content (AvgIpc) is 2.93. The van der Waals surface area contributed by atoms with Crippen LogP contribution >= 0.6 is 15.9 Å². The maximum Gasteiger partial charge on any atom is 0.222 e. The molecule has 1 aromatic rings. The normalized spacial score (nSPS) is 32.5. The van der Waals surface area contributed by atoms with Crippen LogP contribution in [-0.4, -0.2) is 29.1 Å². The zero-order valence-corrected chi connectivity index (χ0v) is 9.87. The second-order valence-electron chi connectivity index (χ2n) is 4.28. The second-order valence-corrected chi connectivity index (χ2v) is 5.20. The van der Waals surface area contributed by atoms with Crippen LogP contribution in [0.3, 0.4) is 0 Å². The van der Waals surface area contributed by atoms with E-state index in [4.69, 9.17) is 0 Å². The van der Waals surface area contributed by atoms with Crippen molar-refractivity contribution in [3.63, 3.8) is 0 Å². The summed E-state index contributed by atoms with van der Waals surface area (Å²) in [6.07, 6.45) is 4.93. The van der Waals surface area contributed by atoms with Gasteiger partial charge in [0.05, 0.1) is 4.47 Å². The largest absolute Gasteiger partial charge is 0.353 e.